The van der Waals surface area contributed by atoms with Gasteiger partial charge in [-0.25, -0.2) is 4.39 Å². The number of carboxylic acids is 1. The van der Waals surface area contributed by atoms with E-state index in [4.69, 9.17) is 0 Å². The van der Waals surface area contributed by atoms with Crippen molar-refractivity contribution >= 4 is 5.97 Å². The Morgan fingerprint density at radius 3 is 2.50 bits per heavy atom. The van der Waals surface area contributed by atoms with Crippen molar-refractivity contribution in [1.29, 1.82) is 0 Å². The van der Waals surface area contributed by atoms with Crippen LogP contribution in [0, 0.1) is 12.7 Å². The van der Waals surface area contributed by atoms with Gasteiger partial charge in [-0.15, -0.1) is 0 Å². The third kappa shape index (κ3) is 1.29. The number of carbonyl (C=O) groups is 1. The highest BCUT2D eigenvalue weighted by Crippen LogP contribution is 2.48. The number of aromatic hydroxyl groups is 1. The zero-order valence-corrected chi connectivity index (χ0v) is 8.96. The maximum absolute atomic E-state index is 13.3. The first-order valence-electron chi connectivity index (χ1n) is 5.21. The predicted molar refractivity (Wildman–Crippen MR) is 56.0 cm³/mol. The highest BCUT2D eigenvalue weighted by atomic mass is 19.1. The summed E-state index contributed by atoms with van der Waals surface area (Å²) in [4.78, 5) is 11.3. The van der Waals surface area contributed by atoms with Gasteiger partial charge in [-0.3, -0.25) is 4.79 Å². The zero-order chi connectivity index (χ0) is 11.9. The van der Waals surface area contributed by atoms with Crippen molar-refractivity contribution in [2.45, 2.75) is 31.6 Å². The number of rotatable bonds is 2. The highest BCUT2D eigenvalue weighted by molar-refractivity contribution is 5.84. The van der Waals surface area contributed by atoms with Crippen molar-refractivity contribution < 1.29 is 19.4 Å². The molecule has 0 radical (unpaired) electrons. The monoisotopic (exact) mass is 224 g/mol. The molecule has 1 aliphatic carbocycles. The molecule has 0 spiro atoms. The molecule has 0 amide bonds. The summed E-state index contributed by atoms with van der Waals surface area (Å²) in [5.41, 5.74) is -0.219. The zero-order valence-electron chi connectivity index (χ0n) is 8.96. The summed E-state index contributed by atoms with van der Waals surface area (Å²) in [6.07, 6.45) is 1.71. The lowest BCUT2D eigenvalue weighted by Crippen LogP contribution is -2.43. The minimum atomic E-state index is -1.09. The molecule has 3 nitrogen and oxygen atoms in total. The molecule has 1 fully saturated rings. The second-order valence-corrected chi connectivity index (χ2v) is 4.33. The molecule has 2 N–H and O–H groups in total. The van der Waals surface area contributed by atoms with Crippen molar-refractivity contribution in [2.75, 3.05) is 0 Å². The Hall–Kier alpha value is -1.58. The van der Waals surface area contributed by atoms with Gasteiger partial charge in [0.05, 0.1) is 5.41 Å². The molecule has 0 unspecified atom stereocenters. The van der Waals surface area contributed by atoms with Crippen LogP contribution in [0.5, 0.6) is 5.75 Å². The van der Waals surface area contributed by atoms with E-state index in [0.717, 1.165) is 12.5 Å². The van der Waals surface area contributed by atoms with Gasteiger partial charge in [0, 0.05) is 5.56 Å². The fraction of sp³-hybridized carbons (Fsp3) is 0.417. The number of aryl methyl sites for hydroxylation is 1. The van der Waals surface area contributed by atoms with Crippen LogP contribution in [0.4, 0.5) is 4.39 Å². The number of aliphatic carboxylic acids is 1. The van der Waals surface area contributed by atoms with Gasteiger partial charge >= 0.3 is 5.97 Å². The molecular formula is C12H13FO3. The lowest BCUT2D eigenvalue weighted by molar-refractivity contribution is -0.147. The van der Waals surface area contributed by atoms with Crippen molar-refractivity contribution in [3.05, 3.63) is 29.1 Å². The summed E-state index contributed by atoms with van der Waals surface area (Å²) < 4.78 is 13.3. The van der Waals surface area contributed by atoms with Gasteiger partial charge in [-0.1, -0.05) is 12.5 Å². The van der Waals surface area contributed by atoms with E-state index >= 15 is 0 Å². The number of hydrogen-bond acceptors (Lipinski definition) is 2. The quantitative estimate of drug-likeness (QED) is 0.810. The Kier molecular flexibility index (Phi) is 2.37. The van der Waals surface area contributed by atoms with E-state index in [1.54, 1.807) is 6.92 Å². The smallest absolute Gasteiger partial charge is 0.314 e. The van der Waals surface area contributed by atoms with E-state index in [9.17, 15) is 19.4 Å². The molecule has 2 rings (SSSR count). The highest BCUT2D eigenvalue weighted by Gasteiger charge is 2.48. The van der Waals surface area contributed by atoms with Crippen molar-refractivity contribution in [3.63, 3.8) is 0 Å². The molecule has 4 heteroatoms. The van der Waals surface area contributed by atoms with E-state index < -0.39 is 23.0 Å². The van der Waals surface area contributed by atoms with E-state index in [-0.39, 0.29) is 5.56 Å². The van der Waals surface area contributed by atoms with Gasteiger partial charge in [-0.05, 0) is 31.4 Å². The summed E-state index contributed by atoms with van der Waals surface area (Å²) >= 11 is 0. The second-order valence-electron chi connectivity index (χ2n) is 4.33. The van der Waals surface area contributed by atoms with Crippen LogP contribution in [0.2, 0.25) is 0 Å². The molecule has 0 bridgehead atoms. The topological polar surface area (TPSA) is 57.5 Å². The molecule has 0 aliphatic heterocycles. The molecule has 0 heterocycles. The first kappa shape index (κ1) is 10.9. The number of hydrogen-bond donors (Lipinski definition) is 2. The van der Waals surface area contributed by atoms with Crippen molar-refractivity contribution in [2.24, 2.45) is 0 Å². The second kappa shape index (κ2) is 3.47. The predicted octanol–water partition coefficient (Wildman–Crippen LogP) is 2.35. The van der Waals surface area contributed by atoms with Crippen LogP contribution in [0.1, 0.15) is 30.4 Å². The van der Waals surface area contributed by atoms with E-state index in [0.29, 0.717) is 18.4 Å². The molecule has 1 saturated carbocycles. The Morgan fingerprint density at radius 1 is 1.44 bits per heavy atom. The van der Waals surface area contributed by atoms with Crippen LogP contribution in [-0.4, -0.2) is 16.2 Å². The largest absolute Gasteiger partial charge is 0.505 e. The van der Waals surface area contributed by atoms with Crippen molar-refractivity contribution in [1.82, 2.24) is 0 Å². The lowest BCUT2D eigenvalue weighted by atomic mass is 9.63. The summed E-state index contributed by atoms with van der Waals surface area (Å²) in [6, 6.07) is 2.66. The lowest BCUT2D eigenvalue weighted by Gasteiger charge is -2.39. The molecule has 0 atom stereocenters. The summed E-state index contributed by atoms with van der Waals surface area (Å²) in [5.74, 6) is -2.25. The average Bonchev–Trinajstić information content (AvgIpc) is 2.15. The Bertz CT molecular complexity index is 450. The van der Waals surface area contributed by atoms with E-state index in [1.807, 2.05) is 0 Å². The van der Waals surface area contributed by atoms with Crippen LogP contribution in [-0.2, 0) is 10.2 Å². The SMILES string of the molecule is Cc1ccc(F)c(O)c1C1(C(=O)O)CCC1. The molecule has 1 aliphatic rings. The van der Waals surface area contributed by atoms with Gasteiger partial charge in [0.1, 0.15) is 0 Å². The number of phenols is 1. The standard InChI is InChI=1S/C12H13FO3/c1-7-3-4-8(13)10(14)9(7)12(11(15)16)5-2-6-12/h3-4,14H,2,5-6H2,1H3,(H,15,16). The third-order valence-corrected chi connectivity index (χ3v) is 3.43. The fourth-order valence-corrected chi connectivity index (χ4v) is 2.37. The molecule has 1 aromatic carbocycles. The summed E-state index contributed by atoms with van der Waals surface area (Å²) in [7, 11) is 0. The van der Waals surface area contributed by atoms with Crippen LogP contribution < -0.4 is 0 Å². The minimum Gasteiger partial charge on any atom is -0.505 e. The summed E-state index contributed by atoms with van der Waals surface area (Å²) in [5, 5.41) is 18.9. The first-order valence-corrected chi connectivity index (χ1v) is 5.21. The van der Waals surface area contributed by atoms with Crippen LogP contribution >= 0.6 is 0 Å². The summed E-state index contributed by atoms with van der Waals surface area (Å²) in [6.45, 7) is 1.69. The van der Waals surface area contributed by atoms with Crippen LogP contribution in [0.25, 0.3) is 0 Å². The Labute approximate surface area is 92.5 Å². The van der Waals surface area contributed by atoms with Crippen molar-refractivity contribution in [3.8, 4) is 5.75 Å². The van der Waals surface area contributed by atoms with Gasteiger partial charge in [0.15, 0.2) is 11.6 Å². The first-order chi connectivity index (χ1) is 7.49. The van der Waals surface area contributed by atoms with Gasteiger partial charge < -0.3 is 10.2 Å². The molecule has 0 saturated heterocycles. The molecule has 86 valence electrons. The molecular weight excluding hydrogens is 211 g/mol. The number of benzene rings is 1. The number of carboxylic acid groups (broad SMARTS) is 1. The maximum Gasteiger partial charge on any atom is 0.314 e. The Morgan fingerprint density at radius 2 is 2.06 bits per heavy atom. The molecule has 1 aromatic rings. The molecule has 16 heavy (non-hydrogen) atoms. The third-order valence-electron chi connectivity index (χ3n) is 3.43. The van der Waals surface area contributed by atoms with Crippen LogP contribution in [0.3, 0.4) is 0 Å². The number of phenolic OH excluding ortho intramolecular Hbond substituents is 1. The Balaban J connectivity index is 2.63. The normalized spacial score (nSPS) is 17.9. The van der Waals surface area contributed by atoms with E-state index in [2.05, 4.69) is 0 Å². The molecule has 0 aromatic heterocycles. The van der Waals surface area contributed by atoms with Gasteiger partial charge in [0.2, 0.25) is 0 Å². The van der Waals surface area contributed by atoms with E-state index in [1.165, 1.54) is 6.07 Å². The fourth-order valence-electron chi connectivity index (χ4n) is 2.37. The van der Waals surface area contributed by atoms with Crippen LogP contribution in [0.15, 0.2) is 12.1 Å². The minimum absolute atomic E-state index is 0.242. The maximum atomic E-state index is 13.3. The number of halogens is 1. The van der Waals surface area contributed by atoms with Gasteiger partial charge in [0.25, 0.3) is 0 Å². The average molecular weight is 224 g/mol. The van der Waals surface area contributed by atoms with Gasteiger partial charge in [-0.2, -0.15) is 0 Å².